The highest BCUT2D eigenvalue weighted by Gasteiger charge is 2.16. The summed E-state index contributed by atoms with van der Waals surface area (Å²) in [6.45, 7) is 2.64. The highest BCUT2D eigenvalue weighted by atomic mass is 35.5. The summed E-state index contributed by atoms with van der Waals surface area (Å²) in [5, 5.41) is 13.8. The van der Waals surface area contributed by atoms with Crippen LogP contribution in [0.4, 0.5) is 4.39 Å². The molecule has 0 bridgehead atoms. The Morgan fingerprint density at radius 3 is 2.71 bits per heavy atom. The van der Waals surface area contributed by atoms with Gasteiger partial charge in [-0.2, -0.15) is 4.98 Å². The Bertz CT molecular complexity index is 1110. The predicted octanol–water partition coefficient (Wildman–Crippen LogP) is 5.10. The zero-order chi connectivity index (χ0) is 19.5. The van der Waals surface area contributed by atoms with Crippen molar-refractivity contribution >= 4 is 23.4 Å². The number of hydrogen-bond donors (Lipinski definition) is 0. The lowest BCUT2D eigenvalue weighted by Gasteiger charge is -2.06. The lowest BCUT2D eigenvalue weighted by atomic mass is 10.2. The third-order valence-corrected chi connectivity index (χ3v) is 5.18. The van der Waals surface area contributed by atoms with Crippen molar-refractivity contribution in [1.29, 1.82) is 0 Å². The van der Waals surface area contributed by atoms with Crippen molar-refractivity contribution in [3.63, 3.8) is 0 Å². The molecule has 28 heavy (non-hydrogen) atoms. The van der Waals surface area contributed by atoms with Gasteiger partial charge in [0.1, 0.15) is 5.82 Å². The number of nitrogens with zero attached hydrogens (tertiary/aromatic N) is 5. The molecule has 0 N–H and O–H groups in total. The van der Waals surface area contributed by atoms with Crippen molar-refractivity contribution in [1.82, 2.24) is 24.9 Å². The summed E-state index contributed by atoms with van der Waals surface area (Å²) < 4.78 is 20.8. The molecule has 142 valence electrons. The zero-order valence-electron chi connectivity index (χ0n) is 14.8. The number of thioether (sulfide) groups is 1. The molecule has 0 saturated carbocycles. The molecule has 2 aromatic carbocycles. The standard InChI is InChI=1S/C19H15ClFN5OS/c1-2-26-17(12-5-4-8-15(21)10-12)23-24-19(26)28-11-16-22-18(27-25-16)13-6-3-7-14(20)9-13/h3-10H,2,11H2,1H3. The summed E-state index contributed by atoms with van der Waals surface area (Å²) in [5.41, 5.74) is 1.45. The van der Waals surface area contributed by atoms with Gasteiger partial charge in [-0.05, 0) is 37.3 Å². The smallest absolute Gasteiger partial charge is 0.258 e. The lowest BCUT2D eigenvalue weighted by molar-refractivity contribution is 0.425. The van der Waals surface area contributed by atoms with Crippen LogP contribution >= 0.6 is 23.4 Å². The SMILES string of the molecule is CCn1c(SCc2noc(-c3cccc(Cl)c3)n2)nnc1-c1cccc(F)c1. The van der Waals surface area contributed by atoms with Crippen LogP contribution in [0.5, 0.6) is 0 Å². The van der Waals surface area contributed by atoms with Crippen LogP contribution in [0.15, 0.2) is 58.2 Å². The van der Waals surface area contributed by atoms with E-state index in [1.54, 1.807) is 18.2 Å². The van der Waals surface area contributed by atoms with Gasteiger partial charge in [-0.3, -0.25) is 0 Å². The largest absolute Gasteiger partial charge is 0.334 e. The number of rotatable bonds is 6. The Balaban J connectivity index is 1.51. The molecule has 0 atom stereocenters. The van der Waals surface area contributed by atoms with E-state index in [1.165, 1.54) is 23.9 Å². The van der Waals surface area contributed by atoms with Gasteiger partial charge in [0.05, 0.1) is 5.75 Å². The van der Waals surface area contributed by atoms with Gasteiger partial charge in [0, 0.05) is 22.7 Å². The van der Waals surface area contributed by atoms with Crippen molar-refractivity contribution < 1.29 is 8.91 Å². The second-order valence-corrected chi connectivity index (χ2v) is 7.25. The van der Waals surface area contributed by atoms with E-state index in [1.807, 2.05) is 29.7 Å². The Morgan fingerprint density at radius 1 is 1.11 bits per heavy atom. The fourth-order valence-corrected chi connectivity index (χ4v) is 3.74. The fourth-order valence-electron chi connectivity index (χ4n) is 2.70. The normalized spacial score (nSPS) is 11.1. The average Bonchev–Trinajstić information content (AvgIpc) is 3.33. The van der Waals surface area contributed by atoms with E-state index in [9.17, 15) is 4.39 Å². The second kappa shape index (κ2) is 8.12. The van der Waals surface area contributed by atoms with Gasteiger partial charge in [-0.25, -0.2) is 4.39 Å². The molecule has 0 unspecified atom stereocenters. The van der Waals surface area contributed by atoms with Crippen LogP contribution in [0.2, 0.25) is 5.02 Å². The molecule has 9 heteroatoms. The van der Waals surface area contributed by atoms with E-state index < -0.39 is 0 Å². The zero-order valence-corrected chi connectivity index (χ0v) is 16.4. The molecule has 0 spiro atoms. The third kappa shape index (κ3) is 3.93. The van der Waals surface area contributed by atoms with Gasteiger partial charge in [0.15, 0.2) is 16.8 Å². The molecular formula is C19H15ClFN5OS. The average molecular weight is 416 g/mol. The van der Waals surface area contributed by atoms with E-state index in [4.69, 9.17) is 16.1 Å². The first kappa shape index (κ1) is 18.6. The number of hydrogen-bond acceptors (Lipinski definition) is 6. The van der Waals surface area contributed by atoms with Crippen molar-refractivity contribution in [2.75, 3.05) is 0 Å². The number of benzene rings is 2. The fraction of sp³-hybridized carbons (Fsp3) is 0.158. The van der Waals surface area contributed by atoms with Gasteiger partial charge in [-0.1, -0.05) is 46.7 Å². The quantitative estimate of drug-likeness (QED) is 0.408. The van der Waals surface area contributed by atoms with Crippen LogP contribution in [0.1, 0.15) is 12.7 Å². The predicted molar refractivity (Wildman–Crippen MR) is 105 cm³/mol. The van der Waals surface area contributed by atoms with E-state index in [0.717, 1.165) is 5.56 Å². The monoisotopic (exact) mass is 415 g/mol. The summed E-state index contributed by atoms with van der Waals surface area (Å²) in [6.07, 6.45) is 0. The summed E-state index contributed by atoms with van der Waals surface area (Å²) in [4.78, 5) is 4.40. The summed E-state index contributed by atoms with van der Waals surface area (Å²) in [7, 11) is 0. The van der Waals surface area contributed by atoms with Gasteiger partial charge >= 0.3 is 0 Å². The highest BCUT2D eigenvalue weighted by Crippen LogP contribution is 2.27. The summed E-state index contributed by atoms with van der Waals surface area (Å²) >= 11 is 7.44. The third-order valence-electron chi connectivity index (χ3n) is 3.99. The molecule has 0 aliphatic heterocycles. The minimum absolute atomic E-state index is 0.308. The maximum atomic E-state index is 13.5. The Hall–Kier alpha value is -2.71. The Kier molecular flexibility index (Phi) is 5.40. The minimum atomic E-state index is -0.308. The van der Waals surface area contributed by atoms with Gasteiger partial charge in [0.25, 0.3) is 5.89 Å². The molecule has 2 heterocycles. The lowest BCUT2D eigenvalue weighted by Crippen LogP contribution is -2.00. The van der Waals surface area contributed by atoms with Crippen LogP contribution in [-0.4, -0.2) is 24.9 Å². The molecule has 6 nitrogen and oxygen atoms in total. The van der Waals surface area contributed by atoms with Crippen LogP contribution in [0, 0.1) is 5.82 Å². The maximum absolute atomic E-state index is 13.5. The molecule has 4 rings (SSSR count). The topological polar surface area (TPSA) is 69.6 Å². The first-order chi connectivity index (χ1) is 13.6. The van der Waals surface area contributed by atoms with E-state index >= 15 is 0 Å². The second-order valence-electron chi connectivity index (χ2n) is 5.88. The van der Waals surface area contributed by atoms with Gasteiger partial charge < -0.3 is 9.09 Å². The Labute approximate surface area is 169 Å². The van der Waals surface area contributed by atoms with E-state index in [-0.39, 0.29) is 5.82 Å². The van der Waals surface area contributed by atoms with Crippen molar-refractivity contribution in [3.05, 3.63) is 65.2 Å². The number of aromatic nitrogens is 5. The van der Waals surface area contributed by atoms with Crippen LogP contribution in [0.25, 0.3) is 22.8 Å². The molecule has 2 aromatic heterocycles. The Morgan fingerprint density at radius 2 is 1.93 bits per heavy atom. The molecule has 0 aliphatic carbocycles. The number of halogens is 2. The van der Waals surface area contributed by atoms with Crippen LogP contribution < -0.4 is 0 Å². The first-order valence-electron chi connectivity index (χ1n) is 8.54. The maximum Gasteiger partial charge on any atom is 0.258 e. The van der Waals surface area contributed by atoms with Crippen molar-refractivity contribution in [2.45, 2.75) is 24.4 Å². The van der Waals surface area contributed by atoms with Crippen molar-refractivity contribution in [2.24, 2.45) is 0 Å². The molecule has 0 radical (unpaired) electrons. The summed E-state index contributed by atoms with van der Waals surface area (Å²) in [6, 6.07) is 13.5. The molecule has 0 aliphatic rings. The van der Waals surface area contributed by atoms with E-state index in [0.29, 0.717) is 45.6 Å². The summed E-state index contributed by atoms with van der Waals surface area (Å²) in [5.74, 6) is 1.73. The molecule has 0 amide bonds. The highest BCUT2D eigenvalue weighted by molar-refractivity contribution is 7.98. The molecule has 0 saturated heterocycles. The molecule has 0 fully saturated rings. The van der Waals surface area contributed by atoms with Crippen LogP contribution in [-0.2, 0) is 12.3 Å². The van der Waals surface area contributed by atoms with Crippen molar-refractivity contribution in [3.8, 4) is 22.8 Å². The minimum Gasteiger partial charge on any atom is -0.334 e. The van der Waals surface area contributed by atoms with Gasteiger partial charge in [-0.15, -0.1) is 10.2 Å². The first-order valence-corrected chi connectivity index (χ1v) is 9.91. The van der Waals surface area contributed by atoms with Crippen LogP contribution in [0.3, 0.4) is 0 Å². The molecule has 4 aromatic rings. The van der Waals surface area contributed by atoms with E-state index in [2.05, 4.69) is 20.3 Å². The van der Waals surface area contributed by atoms with Gasteiger partial charge in [0.2, 0.25) is 0 Å². The molecular weight excluding hydrogens is 401 g/mol.